The van der Waals surface area contributed by atoms with Crippen molar-refractivity contribution in [1.29, 1.82) is 0 Å². The number of hydrogen-bond donors (Lipinski definition) is 1. The molecule has 1 saturated heterocycles. The molecule has 0 aromatic carbocycles. The van der Waals surface area contributed by atoms with Crippen LogP contribution in [0.2, 0.25) is 0 Å². The van der Waals surface area contributed by atoms with Gasteiger partial charge in [0.25, 0.3) is 5.91 Å². The number of rotatable bonds is 6. The number of piperidine rings is 1. The van der Waals surface area contributed by atoms with E-state index in [4.69, 9.17) is 4.74 Å². The van der Waals surface area contributed by atoms with Crippen LogP contribution in [0, 0.1) is 6.92 Å². The van der Waals surface area contributed by atoms with Gasteiger partial charge in [0.05, 0.1) is 6.61 Å². The molecule has 1 N–H and O–H groups in total. The highest BCUT2D eigenvalue weighted by atomic mass is 16.6. The molecule has 1 fully saturated rings. The van der Waals surface area contributed by atoms with Crippen molar-refractivity contribution < 1.29 is 14.3 Å². The van der Waals surface area contributed by atoms with Crippen molar-refractivity contribution in [3.63, 3.8) is 0 Å². The molecule has 144 valence electrons. The Morgan fingerprint density at radius 2 is 1.88 bits per heavy atom. The number of carbonyl (C=O) groups excluding carboxylic acids is 2. The van der Waals surface area contributed by atoms with Gasteiger partial charge in [-0.05, 0) is 46.6 Å². The summed E-state index contributed by atoms with van der Waals surface area (Å²) in [7, 11) is 0. The van der Waals surface area contributed by atoms with Crippen molar-refractivity contribution in [1.82, 2.24) is 19.8 Å². The predicted molar refractivity (Wildman–Crippen MR) is 99.3 cm³/mol. The van der Waals surface area contributed by atoms with Gasteiger partial charge in [-0.15, -0.1) is 0 Å². The molecule has 8 nitrogen and oxygen atoms in total. The number of likely N-dealkylation sites (tertiary alicyclic amines) is 1. The molecular weight excluding hydrogens is 334 g/mol. The van der Waals surface area contributed by atoms with Gasteiger partial charge in [-0.2, -0.15) is 0 Å². The standard InChI is InChI=1S/C18H29N5O3/c1-5-22(6-2)16(24)15-12-13(4)19-17(21-15)20-14-8-10-23(11-9-14)18(25)26-7-3/h12,14H,5-11H2,1-4H3,(H,19,20,21). The van der Waals surface area contributed by atoms with Crippen LogP contribution < -0.4 is 5.32 Å². The monoisotopic (exact) mass is 363 g/mol. The number of ether oxygens (including phenoxy) is 1. The van der Waals surface area contributed by atoms with Crippen LogP contribution in [0.5, 0.6) is 0 Å². The first-order chi connectivity index (χ1) is 12.5. The summed E-state index contributed by atoms with van der Waals surface area (Å²) in [6.07, 6.45) is 1.31. The third kappa shape index (κ3) is 5.06. The Balaban J connectivity index is 2.00. The average Bonchev–Trinajstić information content (AvgIpc) is 2.63. The summed E-state index contributed by atoms with van der Waals surface area (Å²) in [5, 5.41) is 3.31. The maximum absolute atomic E-state index is 12.5. The number of anilines is 1. The molecule has 2 amide bonds. The molecule has 1 aromatic heterocycles. The lowest BCUT2D eigenvalue weighted by molar-refractivity contribution is 0.0766. The Labute approximate surface area is 154 Å². The molecule has 0 atom stereocenters. The Morgan fingerprint density at radius 3 is 2.46 bits per heavy atom. The minimum Gasteiger partial charge on any atom is -0.450 e. The second-order valence-electron chi connectivity index (χ2n) is 6.30. The fourth-order valence-corrected chi connectivity index (χ4v) is 3.02. The first kappa shape index (κ1) is 19.9. The van der Waals surface area contributed by atoms with Gasteiger partial charge in [-0.1, -0.05) is 0 Å². The van der Waals surface area contributed by atoms with Gasteiger partial charge in [-0.25, -0.2) is 14.8 Å². The van der Waals surface area contributed by atoms with Crippen molar-refractivity contribution in [2.24, 2.45) is 0 Å². The zero-order valence-electron chi connectivity index (χ0n) is 16.1. The Bertz CT molecular complexity index is 625. The van der Waals surface area contributed by atoms with Crippen molar-refractivity contribution >= 4 is 17.9 Å². The lowest BCUT2D eigenvalue weighted by atomic mass is 10.1. The second kappa shape index (κ2) is 9.35. The zero-order valence-corrected chi connectivity index (χ0v) is 16.1. The first-order valence-corrected chi connectivity index (χ1v) is 9.31. The van der Waals surface area contributed by atoms with Crippen LogP contribution in [0.4, 0.5) is 10.7 Å². The summed E-state index contributed by atoms with van der Waals surface area (Å²) in [4.78, 5) is 36.6. The second-order valence-corrected chi connectivity index (χ2v) is 6.30. The first-order valence-electron chi connectivity index (χ1n) is 9.31. The van der Waals surface area contributed by atoms with Crippen LogP contribution in [0.1, 0.15) is 49.8 Å². The lowest BCUT2D eigenvalue weighted by Gasteiger charge is -2.31. The van der Waals surface area contributed by atoms with E-state index in [2.05, 4.69) is 15.3 Å². The molecule has 0 radical (unpaired) electrons. The topological polar surface area (TPSA) is 87.7 Å². The van der Waals surface area contributed by atoms with E-state index in [1.165, 1.54) is 0 Å². The summed E-state index contributed by atoms with van der Waals surface area (Å²) < 4.78 is 5.04. The van der Waals surface area contributed by atoms with E-state index in [1.807, 2.05) is 20.8 Å². The van der Waals surface area contributed by atoms with Crippen molar-refractivity contribution in [3.8, 4) is 0 Å². The number of hydrogen-bond acceptors (Lipinski definition) is 6. The number of nitrogens with one attached hydrogen (secondary N) is 1. The lowest BCUT2D eigenvalue weighted by Crippen LogP contribution is -2.42. The van der Waals surface area contributed by atoms with Gasteiger partial charge >= 0.3 is 6.09 Å². The third-order valence-corrected chi connectivity index (χ3v) is 4.48. The summed E-state index contributed by atoms with van der Waals surface area (Å²) in [6, 6.07) is 1.88. The number of nitrogens with zero attached hydrogens (tertiary/aromatic N) is 4. The zero-order chi connectivity index (χ0) is 19.1. The molecule has 2 rings (SSSR count). The fraction of sp³-hybridized carbons (Fsp3) is 0.667. The van der Waals surface area contributed by atoms with E-state index >= 15 is 0 Å². The minimum absolute atomic E-state index is 0.0827. The maximum Gasteiger partial charge on any atom is 0.409 e. The van der Waals surface area contributed by atoms with Crippen LogP contribution >= 0.6 is 0 Å². The van der Waals surface area contributed by atoms with Crippen molar-refractivity contribution in [2.75, 3.05) is 38.1 Å². The Kier molecular flexibility index (Phi) is 7.17. The van der Waals surface area contributed by atoms with Gasteiger partial charge < -0.3 is 19.9 Å². The Hall–Kier alpha value is -2.38. The van der Waals surface area contributed by atoms with Crippen molar-refractivity contribution in [3.05, 3.63) is 17.5 Å². The summed E-state index contributed by atoms with van der Waals surface area (Å²) >= 11 is 0. The molecule has 0 aliphatic carbocycles. The van der Waals surface area contributed by atoms with Gasteiger partial charge in [0, 0.05) is 37.9 Å². The summed E-state index contributed by atoms with van der Waals surface area (Å²) in [5.41, 5.74) is 1.16. The third-order valence-electron chi connectivity index (χ3n) is 4.48. The van der Waals surface area contributed by atoms with Crippen LogP contribution in [-0.2, 0) is 4.74 Å². The highest BCUT2D eigenvalue weighted by molar-refractivity contribution is 5.92. The van der Waals surface area contributed by atoms with Crippen LogP contribution in [0.15, 0.2) is 6.07 Å². The molecule has 0 unspecified atom stereocenters. The quantitative estimate of drug-likeness (QED) is 0.834. The number of aryl methyl sites for hydroxylation is 1. The van der Waals surface area contributed by atoms with Gasteiger partial charge in [0.2, 0.25) is 5.95 Å². The van der Waals surface area contributed by atoms with E-state index in [9.17, 15) is 9.59 Å². The Morgan fingerprint density at radius 1 is 1.23 bits per heavy atom. The molecule has 1 aromatic rings. The van der Waals surface area contributed by atoms with E-state index < -0.39 is 0 Å². The summed E-state index contributed by atoms with van der Waals surface area (Å²) in [6.45, 7) is 10.5. The minimum atomic E-state index is -0.259. The number of aromatic nitrogens is 2. The molecule has 2 heterocycles. The van der Waals surface area contributed by atoms with Gasteiger partial charge in [-0.3, -0.25) is 4.79 Å². The average molecular weight is 363 g/mol. The van der Waals surface area contributed by atoms with E-state index in [1.54, 1.807) is 22.8 Å². The van der Waals surface area contributed by atoms with Crippen LogP contribution in [0.25, 0.3) is 0 Å². The normalized spacial score (nSPS) is 14.8. The summed E-state index contributed by atoms with van der Waals surface area (Å²) in [5.74, 6) is 0.385. The van der Waals surface area contributed by atoms with E-state index in [0.29, 0.717) is 44.4 Å². The predicted octanol–water partition coefficient (Wildman–Crippen LogP) is 2.30. The highest BCUT2D eigenvalue weighted by Gasteiger charge is 2.24. The fourth-order valence-electron chi connectivity index (χ4n) is 3.02. The van der Waals surface area contributed by atoms with E-state index in [0.717, 1.165) is 18.5 Å². The SMILES string of the molecule is CCOC(=O)N1CCC(Nc2nc(C)cc(C(=O)N(CC)CC)n2)CC1. The molecule has 8 heteroatoms. The van der Waals surface area contributed by atoms with E-state index in [-0.39, 0.29) is 18.0 Å². The molecule has 0 bridgehead atoms. The molecular formula is C18H29N5O3. The molecule has 0 saturated carbocycles. The van der Waals surface area contributed by atoms with Crippen molar-refractivity contribution in [2.45, 2.75) is 46.6 Å². The molecule has 0 spiro atoms. The van der Waals surface area contributed by atoms with Gasteiger partial charge in [0.1, 0.15) is 5.69 Å². The molecule has 1 aliphatic heterocycles. The van der Waals surface area contributed by atoms with Gasteiger partial charge in [0.15, 0.2) is 0 Å². The molecule has 26 heavy (non-hydrogen) atoms. The van der Waals surface area contributed by atoms with Crippen LogP contribution in [0.3, 0.4) is 0 Å². The smallest absolute Gasteiger partial charge is 0.409 e. The maximum atomic E-state index is 12.5. The largest absolute Gasteiger partial charge is 0.450 e. The highest BCUT2D eigenvalue weighted by Crippen LogP contribution is 2.16. The molecule has 1 aliphatic rings. The number of carbonyl (C=O) groups is 2. The number of amides is 2. The van der Waals surface area contributed by atoms with Crippen LogP contribution in [-0.4, -0.2) is 70.6 Å².